The first-order valence-corrected chi connectivity index (χ1v) is 5.89. The van der Waals surface area contributed by atoms with Crippen molar-refractivity contribution in [3.8, 4) is 0 Å². The van der Waals surface area contributed by atoms with Gasteiger partial charge >= 0.3 is 0 Å². The Balaban J connectivity index is 1.83. The highest BCUT2D eigenvalue weighted by Crippen LogP contribution is 2.14. The molecule has 1 aromatic carbocycles. The topological polar surface area (TPSA) is 71.2 Å². The van der Waals surface area contributed by atoms with E-state index in [-0.39, 0.29) is 0 Å². The monoisotopic (exact) mass is 243 g/mol. The van der Waals surface area contributed by atoms with Gasteiger partial charge in [-0.25, -0.2) is 0 Å². The third-order valence-corrected chi connectivity index (χ3v) is 2.69. The van der Waals surface area contributed by atoms with Gasteiger partial charge in [0.15, 0.2) is 0 Å². The number of aliphatic hydroxyl groups is 1. The van der Waals surface area contributed by atoms with E-state index in [1.807, 2.05) is 24.3 Å². The Labute approximate surface area is 106 Å². The van der Waals surface area contributed by atoms with E-state index in [1.54, 1.807) is 24.5 Å². The standard InChI is InChI=1S/C14H17N3O/c15-13-5-1-4-12(7-13)14(18)10-17-9-11-3-2-6-16-8-11/h1-8,14,17-18H,9-10,15H2. The number of nitrogens with one attached hydrogen (secondary N) is 1. The van der Waals surface area contributed by atoms with Gasteiger partial charge in [-0.05, 0) is 29.3 Å². The van der Waals surface area contributed by atoms with Crippen LogP contribution in [0, 0.1) is 0 Å². The van der Waals surface area contributed by atoms with Crippen LogP contribution in [-0.2, 0) is 6.54 Å². The number of hydrogen-bond acceptors (Lipinski definition) is 4. The summed E-state index contributed by atoms with van der Waals surface area (Å²) in [5, 5.41) is 13.2. The smallest absolute Gasteiger partial charge is 0.0915 e. The van der Waals surface area contributed by atoms with Crippen molar-refractivity contribution >= 4 is 5.69 Å². The van der Waals surface area contributed by atoms with Crippen molar-refractivity contribution in [2.75, 3.05) is 12.3 Å². The van der Waals surface area contributed by atoms with E-state index < -0.39 is 6.10 Å². The van der Waals surface area contributed by atoms with Gasteiger partial charge in [0, 0.05) is 31.2 Å². The number of rotatable bonds is 5. The van der Waals surface area contributed by atoms with Crippen molar-refractivity contribution in [3.63, 3.8) is 0 Å². The van der Waals surface area contributed by atoms with Gasteiger partial charge in [-0.1, -0.05) is 18.2 Å². The molecule has 0 aliphatic rings. The molecule has 1 unspecified atom stereocenters. The van der Waals surface area contributed by atoms with Gasteiger partial charge in [0.05, 0.1) is 6.10 Å². The Bertz CT molecular complexity index is 487. The molecule has 1 heterocycles. The maximum Gasteiger partial charge on any atom is 0.0915 e. The van der Waals surface area contributed by atoms with E-state index in [9.17, 15) is 5.11 Å². The van der Waals surface area contributed by atoms with Crippen LogP contribution in [0.4, 0.5) is 5.69 Å². The zero-order chi connectivity index (χ0) is 12.8. The average Bonchev–Trinajstić information content (AvgIpc) is 2.40. The van der Waals surface area contributed by atoms with E-state index in [0.717, 1.165) is 11.1 Å². The van der Waals surface area contributed by atoms with Gasteiger partial charge in [0.2, 0.25) is 0 Å². The molecule has 1 atom stereocenters. The van der Waals surface area contributed by atoms with Crippen molar-refractivity contribution < 1.29 is 5.11 Å². The zero-order valence-electron chi connectivity index (χ0n) is 10.1. The van der Waals surface area contributed by atoms with Gasteiger partial charge in [0.25, 0.3) is 0 Å². The van der Waals surface area contributed by atoms with Gasteiger partial charge in [0.1, 0.15) is 0 Å². The maximum absolute atomic E-state index is 9.99. The molecular weight excluding hydrogens is 226 g/mol. The highest BCUT2D eigenvalue weighted by molar-refractivity contribution is 5.41. The summed E-state index contributed by atoms with van der Waals surface area (Å²) >= 11 is 0. The van der Waals surface area contributed by atoms with E-state index in [2.05, 4.69) is 10.3 Å². The minimum atomic E-state index is -0.551. The van der Waals surface area contributed by atoms with Crippen LogP contribution < -0.4 is 11.1 Å². The van der Waals surface area contributed by atoms with Crippen LogP contribution in [0.5, 0.6) is 0 Å². The Kier molecular flexibility index (Phi) is 4.28. The van der Waals surface area contributed by atoms with Crippen LogP contribution in [-0.4, -0.2) is 16.6 Å². The van der Waals surface area contributed by atoms with Crippen molar-refractivity contribution in [1.82, 2.24) is 10.3 Å². The van der Waals surface area contributed by atoms with Gasteiger partial charge in [-0.15, -0.1) is 0 Å². The third kappa shape index (κ3) is 3.55. The first-order valence-electron chi connectivity index (χ1n) is 5.89. The van der Waals surface area contributed by atoms with Crippen LogP contribution >= 0.6 is 0 Å². The summed E-state index contributed by atoms with van der Waals surface area (Å²) in [6, 6.07) is 11.2. The van der Waals surface area contributed by atoms with Crippen molar-refractivity contribution in [2.24, 2.45) is 0 Å². The zero-order valence-corrected chi connectivity index (χ0v) is 10.1. The van der Waals surface area contributed by atoms with E-state index in [1.165, 1.54) is 0 Å². The van der Waals surface area contributed by atoms with Gasteiger partial charge < -0.3 is 16.2 Å². The number of nitrogens with two attached hydrogens (primary N) is 1. The second kappa shape index (κ2) is 6.14. The molecular formula is C14H17N3O. The minimum Gasteiger partial charge on any atom is -0.399 e. The first-order chi connectivity index (χ1) is 8.75. The molecule has 0 saturated heterocycles. The molecule has 2 rings (SSSR count). The predicted molar refractivity (Wildman–Crippen MR) is 71.8 cm³/mol. The fourth-order valence-corrected chi connectivity index (χ4v) is 1.74. The SMILES string of the molecule is Nc1cccc(C(O)CNCc2cccnc2)c1. The number of nitrogens with zero attached hydrogens (tertiary/aromatic N) is 1. The average molecular weight is 243 g/mol. The molecule has 4 N–H and O–H groups in total. The van der Waals surface area contributed by atoms with Gasteiger partial charge in [-0.3, -0.25) is 4.98 Å². The summed E-state index contributed by atoms with van der Waals surface area (Å²) < 4.78 is 0. The van der Waals surface area contributed by atoms with Crippen molar-refractivity contribution in [1.29, 1.82) is 0 Å². The summed E-state index contributed by atoms with van der Waals surface area (Å²) in [4.78, 5) is 4.03. The summed E-state index contributed by atoms with van der Waals surface area (Å²) in [6.45, 7) is 1.17. The highest BCUT2D eigenvalue weighted by atomic mass is 16.3. The fourth-order valence-electron chi connectivity index (χ4n) is 1.74. The molecule has 0 bridgehead atoms. The van der Waals surface area contributed by atoms with Crippen LogP contribution in [0.2, 0.25) is 0 Å². The second-order valence-corrected chi connectivity index (χ2v) is 4.18. The molecule has 0 spiro atoms. The number of aliphatic hydroxyl groups excluding tert-OH is 1. The van der Waals surface area contributed by atoms with Crippen LogP contribution in [0.25, 0.3) is 0 Å². The molecule has 18 heavy (non-hydrogen) atoms. The fraction of sp³-hybridized carbons (Fsp3) is 0.214. The van der Waals surface area contributed by atoms with Gasteiger partial charge in [-0.2, -0.15) is 0 Å². The highest BCUT2D eigenvalue weighted by Gasteiger charge is 2.06. The normalized spacial score (nSPS) is 12.3. The second-order valence-electron chi connectivity index (χ2n) is 4.18. The van der Waals surface area contributed by atoms with Crippen molar-refractivity contribution in [2.45, 2.75) is 12.6 Å². The summed E-state index contributed by atoms with van der Waals surface area (Å²) in [7, 11) is 0. The molecule has 0 aliphatic heterocycles. The molecule has 4 nitrogen and oxygen atoms in total. The first kappa shape index (κ1) is 12.5. The number of anilines is 1. The van der Waals surface area contributed by atoms with Crippen LogP contribution in [0.15, 0.2) is 48.8 Å². The predicted octanol–water partition coefficient (Wildman–Crippen LogP) is 1.49. The number of benzene rings is 1. The lowest BCUT2D eigenvalue weighted by molar-refractivity contribution is 0.174. The lowest BCUT2D eigenvalue weighted by Gasteiger charge is -2.12. The summed E-state index contributed by atoms with van der Waals surface area (Å²) in [5.41, 5.74) is 8.26. The quantitative estimate of drug-likeness (QED) is 0.696. The Morgan fingerprint density at radius 2 is 2.17 bits per heavy atom. The molecule has 94 valence electrons. The number of nitrogen functional groups attached to an aromatic ring is 1. The Morgan fingerprint density at radius 1 is 1.28 bits per heavy atom. The number of pyridine rings is 1. The third-order valence-electron chi connectivity index (χ3n) is 2.69. The molecule has 0 saturated carbocycles. The number of aromatic nitrogens is 1. The number of hydrogen-bond donors (Lipinski definition) is 3. The van der Waals surface area contributed by atoms with Crippen LogP contribution in [0.1, 0.15) is 17.2 Å². The Morgan fingerprint density at radius 3 is 2.89 bits per heavy atom. The molecule has 0 aliphatic carbocycles. The van der Waals surface area contributed by atoms with E-state index in [4.69, 9.17) is 5.73 Å². The van der Waals surface area contributed by atoms with E-state index >= 15 is 0 Å². The Hall–Kier alpha value is -1.91. The molecule has 0 fully saturated rings. The lowest BCUT2D eigenvalue weighted by Crippen LogP contribution is -2.21. The lowest BCUT2D eigenvalue weighted by atomic mass is 10.1. The molecule has 0 amide bonds. The molecule has 4 heteroatoms. The summed E-state index contributed by atoms with van der Waals surface area (Å²) in [5.74, 6) is 0. The minimum absolute atomic E-state index is 0.484. The van der Waals surface area contributed by atoms with Crippen LogP contribution in [0.3, 0.4) is 0 Å². The molecule has 1 aromatic heterocycles. The molecule has 2 aromatic rings. The molecule has 0 radical (unpaired) electrons. The van der Waals surface area contributed by atoms with Crippen molar-refractivity contribution in [3.05, 3.63) is 59.9 Å². The maximum atomic E-state index is 9.99. The van der Waals surface area contributed by atoms with E-state index in [0.29, 0.717) is 18.8 Å². The largest absolute Gasteiger partial charge is 0.399 e. The summed E-state index contributed by atoms with van der Waals surface area (Å²) in [6.07, 6.45) is 3.00.